The Morgan fingerprint density at radius 1 is 1.07 bits per heavy atom. The van der Waals surface area contributed by atoms with E-state index in [0.717, 1.165) is 25.7 Å². The van der Waals surface area contributed by atoms with Gasteiger partial charge in [-0.1, -0.05) is 51.1 Å². The number of carbonyl (C=O) groups excluding carboxylic acids is 2. The lowest BCUT2D eigenvalue weighted by molar-refractivity contribution is -0.125. The molecule has 2 N–H and O–H groups in total. The molecule has 1 rings (SSSR count). The maximum atomic E-state index is 12.3. The number of amides is 2. The van der Waals surface area contributed by atoms with Crippen molar-refractivity contribution in [1.82, 2.24) is 10.6 Å². The first kappa shape index (κ1) is 25.0. The number of alkyl carbamates (subject to hydrolysis) is 1. The second kappa shape index (κ2) is 12.4. The van der Waals surface area contributed by atoms with Crippen LogP contribution in [0, 0.1) is 5.92 Å². The molecule has 0 spiro atoms. The number of hydrogen-bond acceptors (Lipinski definition) is 3. The van der Waals surface area contributed by atoms with Gasteiger partial charge in [0.2, 0.25) is 5.91 Å². The topological polar surface area (TPSA) is 67.4 Å². The van der Waals surface area contributed by atoms with E-state index in [1.165, 1.54) is 5.56 Å². The molecule has 1 aromatic carbocycles. The molecular formula is C22H38N2O3. The summed E-state index contributed by atoms with van der Waals surface area (Å²) in [5, 5.41) is 5.82. The molecule has 0 saturated heterocycles. The molecular weight excluding hydrogens is 340 g/mol. The van der Waals surface area contributed by atoms with Gasteiger partial charge in [-0.25, -0.2) is 4.79 Å². The van der Waals surface area contributed by atoms with Gasteiger partial charge in [-0.05, 0) is 52.5 Å². The van der Waals surface area contributed by atoms with E-state index in [4.69, 9.17) is 4.74 Å². The van der Waals surface area contributed by atoms with Gasteiger partial charge < -0.3 is 15.4 Å². The van der Waals surface area contributed by atoms with Gasteiger partial charge in [-0.3, -0.25) is 4.79 Å². The number of rotatable bonds is 9. The van der Waals surface area contributed by atoms with E-state index in [0.29, 0.717) is 6.54 Å². The van der Waals surface area contributed by atoms with E-state index in [1.54, 1.807) is 0 Å². The summed E-state index contributed by atoms with van der Waals surface area (Å²) in [4.78, 5) is 23.8. The van der Waals surface area contributed by atoms with E-state index in [1.807, 2.05) is 52.8 Å². The van der Waals surface area contributed by atoms with Crippen LogP contribution in [-0.2, 0) is 16.0 Å². The number of nitrogens with one attached hydrogen (secondary N) is 2. The van der Waals surface area contributed by atoms with E-state index in [2.05, 4.69) is 22.8 Å². The normalized spacial score (nSPS) is 13.1. The summed E-state index contributed by atoms with van der Waals surface area (Å²) in [6, 6.07) is 10.3. The molecule has 154 valence electrons. The summed E-state index contributed by atoms with van der Waals surface area (Å²) in [7, 11) is 0. The second-order valence-corrected chi connectivity index (χ2v) is 7.92. The summed E-state index contributed by atoms with van der Waals surface area (Å²) in [6.45, 7) is 10.1. The standard InChI is InChI=1S/C21H34N2O3.CH4/c1-16(11-9-10-14-22-20(25)26-21(3,4)5)19(24)23-17(2)15-18-12-7-6-8-13-18;/h6-8,12-13,16-17H,9-11,14-15H2,1-5H3,(H,22,25)(H,23,24);1H4. The maximum absolute atomic E-state index is 12.3. The predicted octanol–water partition coefficient (Wildman–Crippen LogP) is 4.70. The Morgan fingerprint density at radius 2 is 1.70 bits per heavy atom. The molecule has 2 unspecified atom stereocenters. The number of hydrogen-bond donors (Lipinski definition) is 2. The minimum absolute atomic E-state index is 0. The number of unbranched alkanes of at least 4 members (excludes halogenated alkanes) is 1. The molecule has 1 aromatic rings. The lowest BCUT2D eigenvalue weighted by Crippen LogP contribution is -2.37. The van der Waals surface area contributed by atoms with Crippen LogP contribution in [0.4, 0.5) is 4.79 Å². The molecule has 0 aliphatic heterocycles. The Hall–Kier alpha value is -2.04. The van der Waals surface area contributed by atoms with E-state index >= 15 is 0 Å². The molecule has 0 heterocycles. The zero-order valence-corrected chi connectivity index (χ0v) is 16.8. The van der Waals surface area contributed by atoms with Crippen LogP contribution < -0.4 is 10.6 Å². The van der Waals surface area contributed by atoms with Crippen LogP contribution in [0.3, 0.4) is 0 Å². The molecule has 5 heteroatoms. The molecule has 0 fully saturated rings. The third-order valence-electron chi connectivity index (χ3n) is 3.95. The highest BCUT2D eigenvalue weighted by Crippen LogP contribution is 2.10. The van der Waals surface area contributed by atoms with Crippen LogP contribution in [0.2, 0.25) is 0 Å². The molecule has 0 aromatic heterocycles. The average molecular weight is 379 g/mol. The first-order chi connectivity index (χ1) is 12.2. The van der Waals surface area contributed by atoms with Gasteiger partial charge in [-0.15, -0.1) is 0 Å². The quantitative estimate of drug-likeness (QED) is 0.612. The van der Waals surface area contributed by atoms with Crippen molar-refractivity contribution in [2.24, 2.45) is 5.92 Å². The summed E-state index contributed by atoms with van der Waals surface area (Å²) in [5.41, 5.74) is 0.744. The van der Waals surface area contributed by atoms with Crippen molar-refractivity contribution in [2.45, 2.75) is 79.4 Å². The van der Waals surface area contributed by atoms with Crippen molar-refractivity contribution in [3.05, 3.63) is 35.9 Å². The number of ether oxygens (including phenoxy) is 1. The molecule has 27 heavy (non-hydrogen) atoms. The molecule has 2 amide bonds. The Morgan fingerprint density at radius 3 is 2.30 bits per heavy atom. The van der Waals surface area contributed by atoms with Gasteiger partial charge in [0.15, 0.2) is 0 Å². The highest BCUT2D eigenvalue weighted by molar-refractivity contribution is 5.78. The van der Waals surface area contributed by atoms with Gasteiger partial charge in [0.1, 0.15) is 5.60 Å². The van der Waals surface area contributed by atoms with Gasteiger partial charge in [0.25, 0.3) is 0 Å². The lowest BCUT2D eigenvalue weighted by atomic mass is 10.0. The van der Waals surface area contributed by atoms with E-state index in [-0.39, 0.29) is 25.3 Å². The van der Waals surface area contributed by atoms with Crippen LogP contribution in [0.25, 0.3) is 0 Å². The summed E-state index contributed by atoms with van der Waals surface area (Å²) in [5.74, 6) is 0.0586. The summed E-state index contributed by atoms with van der Waals surface area (Å²) < 4.78 is 5.18. The van der Waals surface area contributed by atoms with Gasteiger partial charge in [0.05, 0.1) is 0 Å². The van der Waals surface area contributed by atoms with Crippen LogP contribution in [0.1, 0.15) is 66.9 Å². The van der Waals surface area contributed by atoms with Crippen molar-refractivity contribution in [1.29, 1.82) is 0 Å². The van der Waals surface area contributed by atoms with Gasteiger partial charge in [-0.2, -0.15) is 0 Å². The third kappa shape index (κ3) is 12.1. The smallest absolute Gasteiger partial charge is 0.407 e. The molecule has 0 radical (unpaired) electrons. The van der Waals surface area contributed by atoms with Gasteiger partial charge in [0, 0.05) is 18.5 Å². The molecule has 0 aliphatic rings. The van der Waals surface area contributed by atoms with Crippen LogP contribution in [0.5, 0.6) is 0 Å². The van der Waals surface area contributed by atoms with Crippen LogP contribution >= 0.6 is 0 Å². The SMILES string of the molecule is C.CC(Cc1ccccc1)NC(=O)C(C)CCCCNC(=O)OC(C)(C)C. The fourth-order valence-electron chi connectivity index (χ4n) is 2.62. The van der Waals surface area contributed by atoms with Crippen molar-refractivity contribution in [3.63, 3.8) is 0 Å². The average Bonchev–Trinajstić information content (AvgIpc) is 2.53. The monoisotopic (exact) mass is 378 g/mol. The molecule has 2 atom stereocenters. The number of benzene rings is 1. The first-order valence-corrected chi connectivity index (χ1v) is 9.48. The third-order valence-corrected chi connectivity index (χ3v) is 3.95. The Bertz CT molecular complexity index is 552. The molecule has 0 bridgehead atoms. The maximum Gasteiger partial charge on any atom is 0.407 e. The largest absolute Gasteiger partial charge is 0.444 e. The number of carbonyl (C=O) groups is 2. The zero-order chi connectivity index (χ0) is 19.6. The molecule has 0 aliphatic carbocycles. The highest BCUT2D eigenvalue weighted by atomic mass is 16.6. The van der Waals surface area contributed by atoms with Crippen LogP contribution in [-0.4, -0.2) is 30.2 Å². The van der Waals surface area contributed by atoms with Gasteiger partial charge >= 0.3 is 6.09 Å². The summed E-state index contributed by atoms with van der Waals surface area (Å²) in [6.07, 6.45) is 2.96. The van der Waals surface area contributed by atoms with Crippen molar-refractivity contribution in [3.8, 4) is 0 Å². The Balaban J connectivity index is 0.00000676. The van der Waals surface area contributed by atoms with E-state index < -0.39 is 11.7 Å². The fourth-order valence-corrected chi connectivity index (χ4v) is 2.62. The Kier molecular flexibility index (Phi) is 11.4. The molecule has 0 saturated carbocycles. The fraction of sp³-hybridized carbons (Fsp3) is 0.636. The predicted molar refractivity (Wildman–Crippen MR) is 112 cm³/mol. The minimum Gasteiger partial charge on any atom is -0.444 e. The van der Waals surface area contributed by atoms with Crippen molar-refractivity contribution >= 4 is 12.0 Å². The van der Waals surface area contributed by atoms with Crippen molar-refractivity contribution in [2.75, 3.05) is 6.54 Å². The Labute approximate surface area is 165 Å². The van der Waals surface area contributed by atoms with E-state index in [9.17, 15) is 9.59 Å². The highest BCUT2D eigenvalue weighted by Gasteiger charge is 2.17. The summed E-state index contributed by atoms with van der Waals surface area (Å²) >= 11 is 0. The first-order valence-electron chi connectivity index (χ1n) is 9.48. The van der Waals surface area contributed by atoms with Crippen LogP contribution in [0.15, 0.2) is 30.3 Å². The second-order valence-electron chi connectivity index (χ2n) is 7.92. The molecule has 5 nitrogen and oxygen atoms in total. The van der Waals surface area contributed by atoms with Crippen molar-refractivity contribution < 1.29 is 14.3 Å². The lowest BCUT2D eigenvalue weighted by Gasteiger charge is -2.20. The zero-order valence-electron chi connectivity index (χ0n) is 16.8. The minimum atomic E-state index is -0.479.